The van der Waals surface area contributed by atoms with Crippen LogP contribution in [-0.2, 0) is 38.1 Å². The molecular weight excluding hydrogens is 626 g/mol. The molecule has 1 aliphatic carbocycles. The third kappa shape index (κ3) is 10.2. The van der Waals surface area contributed by atoms with Gasteiger partial charge in [0.15, 0.2) is 12.6 Å². The van der Waals surface area contributed by atoms with Crippen LogP contribution in [0.25, 0.3) is 11.1 Å². The molecule has 2 saturated heterocycles. The number of hydrogen-bond acceptors (Lipinski definition) is 9. The quantitative estimate of drug-likeness (QED) is 0.199. The molecule has 4 N–H and O–H groups in total. The van der Waals surface area contributed by atoms with Gasteiger partial charge in [-0.25, -0.2) is 0 Å². The largest absolute Gasteiger partial charge is 0.380 e. The maximum absolute atomic E-state index is 13.2. The van der Waals surface area contributed by atoms with E-state index in [0.717, 1.165) is 12.8 Å². The number of amides is 2. The predicted molar refractivity (Wildman–Crippen MR) is 185 cm³/mol. The van der Waals surface area contributed by atoms with Gasteiger partial charge >= 0.3 is 0 Å². The third-order valence-corrected chi connectivity index (χ3v) is 9.56. The number of fused-ring (bicyclic) bond motifs is 3. The summed E-state index contributed by atoms with van der Waals surface area (Å²) in [5.41, 5.74) is 10.2. The van der Waals surface area contributed by atoms with Gasteiger partial charge in [-0.05, 0) is 54.5 Å². The smallest absolute Gasteiger partial charge is 0.242 e. The highest BCUT2D eigenvalue weighted by Gasteiger charge is 2.41. The number of ketones is 1. The highest BCUT2D eigenvalue weighted by molar-refractivity contribution is 5.88. The van der Waals surface area contributed by atoms with Crippen LogP contribution in [0.4, 0.5) is 0 Å². The molecule has 1 spiro atoms. The van der Waals surface area contributed by atoms with Crippen molar-refractivity contribution in [3.63, 3.8) is 0 Å². The fourth-order valence-electron chi connectivity index (χ4n) is 6.56. The van der Waals surface area contributed by atoms with E-state index in [9.17, 15) is 14.4 Å². The van der Waals surface area contributed by atoms with E-state index < -0.39 is 6.04 Å². The number of rotatable bonds is 18. The molecule has 2 fully saturated rings. The van der Waals surface area contributed by atoms with E-state index in [4.69, 9.17) is 29.4 Å². The number of carbonyl (C=O) groups is 3. The molecule has 11 nitrogen and oxygen atoms in total. The molecule has 11 heteroatoms. The number of Topliss-reactive ketones (excluding diaryl/α,β-unsaturated/α-hetero) is 1. The summed E-state index contributed by atoms with van der Waals surface area (Å²) in [7, 11) is 0. The van der Waals surface area contributed by atoms with E-state index in [-0.39, 0.29) is 73.3 Å². The zero-order chi connectivity index (χ0) is 34.6. The first-order valence-electron chi connectivity index (χ1n) is 17.8. The van der Waals surface area contributed by atoms with E-state index in [1.54, 1.807) is 0 Å². The summed E-state index contributed by atoms with van der Waals surface area (Å²) in [4.78, 5) is 38.5. The first kappa shape index (κ1) is 37.1. The Balaban J connectivity index is 1.02. The molecule has 49 heavy (non-hydrogen) atoms. The molecular formula is C38H53N3O8. The van der Waals surface area contributed by atoms with Crippen molar-refractivity contribution in [2.24, 2.45) is 17.1 Å². The minimum absolute atomic E-state index is 0.0525. The molecule has 2 heterocycles. The van der Waals surface area contributed by atoms with Crippen LogP contribution in [0.1, 0.15) is 75.8 Å². The molecule has 2 aromatic rings. The van der Waals surface area contributed by atoms with Crippen LogP contribution in [0.15, 0.2) is 48.5 Å². The maximum Gasteiger partial charge on any atom is 0.242 e. The fraction of sp³-hybridized carbons (Fsp3) is 0.605. The topological polar surface area (TPSA) is 147 Å². The molecule has 3 aliphatic rings. The normalized spacial score (nSPS) is 22.4. The lowest BCUT2D eigenvalue weighted by atomic mass is 9.90. The van der Waals surface area contributed by atoms with Crippen LogP contribution in [0.3, 0.4) is 0 Å². The molecule has 0 saturated carbocycles. The first-order chi connectivity index (χ1) is 23.8. The molecule has 0 aromatic heterocycles. The molecule has 268 valence electrons. The molecule has 2 aliphatic heterocycles. The molecule has 1 atom stereocenters. The fourth-order valence-corrected chi connectivity index (χ4v) is 6.56. The van der Waals surface area contributed by atoms with Gasteiger partial charge in [-0.1, -0.05) is 62.4 Å². The molecule has 0 bridgehead atoms. The number of ether oxygens (including phenoxy) is 5. The Bertz CT molecular complexity index is 1340. The zero-order valence-corrected chi connectivity index (χ0v) is 29.0. The van der Waals surface area contributed by atoms with Crippen LogP contribution < -0.4 is 16.4 Å². The van der Waals surface area contributed by atoms with Gasteiger partial charge in [0.2, 0.25) is 11.8 Å². The van der Waals surface area contributed by atoms with Crippen molar-refractivity contribution >= 4 is 17.6 Å². The van der Waals surface area contributed by atoms with Gasteiger partial charge in [-0.15, -0.1) is 0 Å². The van der Waals surface area contributed by atoms with Gasteiger partial charge in [0.05, 0.1) is 45.1 Å². The summed E-state index contributed by atoms with van der Waals surface area (Å²) in [6.45, 7) is 7.36. The van der Waals surface area contributed by atoms with Gasteiger partial charge in [-0.2, -0.15) is 0 Å². The van der Waals surface area contributed by atoms with E-state index in [0.29, 0.717) is 59.0 Å². The highest BCUT2D eigenvalue weighted by atomic mass is 16.7. The summed E-state index contributed by atoms with van der Waals surface area (Å²) in [5, 5.41) is 5.77. The Kier molecular flexibility index (Phi) is 13.7. The Morgan fingerprint density at radius 3 is 2.00 bits per heavy atom. The average Bonchev–Trinajstić information content (AvgIpc) is 3.44. The minimum Gasteiger partial charge on any atom is -0.380 e. The number of nitrogens with two attached hydrogens (primary N) is 1. The minimum atomic E-state index is -0.814. The standard InChI is InChI=1S/C38H53N3O8/c1-26(2)33(42)16-15-32(37(44)40-19-8-14-36-48-24-38(25-49-36)22-46-35(47-23-38)13-7-18-39)41-34(43)17-20-45-21-31-29-11-5-3-9-27(29)28-10-4-6-12-30(28)31/h3-6,9-12,26,31-32,35-36H,7-8,13-25,39H2,1-2H3,(H,40,44)(H,41,43). The van der Waals surface area contributed by atoms with Crippen molar-refractivity contribution in [2.75, 3.05) is 52.7 Å². The SMILES string of the molecule is CC(C)C(=O)CCC(NC(=O)CCOCC1c2ccccc2-c2ccccc21)C(=O)NCCCC1OCC2(COC(CCCN)OC2)CO1. The zero-order valence-electron chi connectivity index (χ0n) is 29.0. The van der Waals surface area contributed by atoms with E-state index in [1.807, 2.05) is 38.1 Å². The lowest BCUT2D eigenvalue weighted by Gasteiger charge is -2.43. The van der Waals surface area contributed by atoms with Crippen molar-refractivity contribution in [1.29, 1.82) is 0 Å². The molecule has 1 unspecified atom stereocenters. The van der Waals surface area contributed by atoms with Crippen molar-refractivity contribution in [1.82, 2.24) is 10.6 Å². The van der Waals surface area contributed by atoms with Gasteiger partial charge in [0.1, 0.15) is 11.8 Å². The van der Waals surface area contributed by atoms with Crippen LogP contribution in [0, 0.1) is 11.3 Å². The number of benzene rings is 2. The van der Waals surface area contributed by atoms with E-state index in [2.05, 4.69) is 34.9 Å². The third-order valence-electron chi connectivity index (χ3n) is 9.56. The van der Waals surface area contributed by atoms with Gasteiger partial charge in [0.25, 0.3) is 0 Å². The summed E-state index contributed by atoms with van der Waals surface area (Å²) in [6.07, 6.45) is 2.83. The van der Waals surface area contributed by atoms with Crippen LogP contribution >= 0.6 is 0 Å². The van der Waals surface area contributed by atoms with Crippen molar-refractivity contribution in [3.05, 3.63) is 59.7 Å². The number of nitrogens with one attached hydrogen (secondary N) is 2. The van der Waals surface area contributed by atoms with Gasteiger partial charge in [-0.3, -0.25) is 14.4 Å². The summed E-state index contributed by atoms with van der Waals surface area (Å²) >= 11 is 0. The average molecular weight is 680 g/mol. The Hall–Kier alpha value is -3.19. The van der Waals surface area contributed by atoms with Crippen LogP contribution in [-0.4, -0.2) is 89.0 Å². The Labute approximate surface area is 289 Å². The van der Waals surface area contributed by atoms with E-state index >= 15 is 0 Å². The molecule has 2 aromatic carbocycles. The predicted octanol–water partition coefficient (Wildman–Crippen LogP) is 4.06. The van der Waals surface area contributed by atoms with Gasteiger partial charge in [0, 0.05) is 37.6 Å². The van der Waals surface area contributed by atoms with Gasteiger partial charge < -0.3 is 40.1 Å². The second-order valence-corrected chi connectivity index (χ2v) is 13.8. The second kappa shape index (κ2) is 18.2. The molecule has 5 rings (SSSR count). The maximum atomic E-state index is 13.2. The lowest BCUT2D eigenvalue weighted by Crippen LogP contribution is -2.52. The second-order valence-electron chi connectivity index (χ2n) is 13.8. The van der Waals surface area contributed by atoms with Crippen LogP contribution in [0.2, 0.25) is 0 Å². The van der Waals surface area contributed by atoms with E-state index in [1.165, 1.54) is 22.3 Å². The molecule has 2 amide bonds. The Morgan fingerprint density at radius 1 is 0.857 bits per heavy atom. The lowest BCUT2D eigenvalue weighted by molar-refractivity contribution is -0.304. The van der Waals surface area contributed by atoms with Crippen molar-refractivity contribution in [2.45, 2.75) is 83.3 Å². The number of carbonyl (C=O) groups excluding carboxylic acids is 3. The summed E-state index contributed by atoms with van der Waals surface area (Å²) in [6, 6.07) is 15.9. The Morgan fingerprint density at radius 2 is 1.43 bits per heavy atom. The monoisotopic (exact) mass is 679 g/mol. The summed E-state index contributed by atoms with van der Waals surface area (Å²) in [5.74, 6) is -0.579. The highest BCUT2D eigenvalue weighted by Crippen LogP contribution is 2.44. The number of hydrogen-bond donors (Lipinski definition) is 3. The first-order valence-corrected chi connectivity index (χ1v) is 17.8. The van der Waals surface area contributed by atoms with Crippen molar-refractivity contribution < 1.29 is 38.1 Å². The summed E-state index contributed by atoms with van der Waals surface area (Å²) < 4.78 is 29.7. The van der Waals surface area contributed by atoms with Crippen LogP contribution in [0.5, 0.6) is 0 Å². The van der Waals surface area contributed by atoms with Crippen molar-refractivity contribution in [3.8, 4) is 11.1 Å². The molecule has 0 radical (unpaired) electrons.